The number of nitrogens with two attached hydrogens (primary N) is 1. The van der Waals surface area contributed by atoms with Crippen molar-refractivity contribution in [2.75, 3.05) is 11.9 Å². The molecule has 2 aromatic heterocycles. The molecule has 0 radical (unpaired) electrons. The van der Waals surface area contributed by atoms with E-state index in [2.05, 4.69) is 35.0 Å². The number of carbonyl (C=O) groups is 1. The first-order valence-corrected chi connectivity index (χ1v) is 15.8. The predicted octanol–water partition coefficient (Wildman–Crippen LogP) is 6.19. The molecule has 0 aliphatic rings. The van der Waals surface area contributed by atoms with Gasteiger partial charge < -0.3 is 15.8 Å². The zero-order chi connectivity index (χ0) is 25.0. The van der Waals surface area contributed by atoms with Crippen molar-refractivity contribution < 1.29 is 9.53 Å². The van der Waals surface area contributed by atoms with Crippen LogP contribution in [0.4, 0.5) is 5.82 Å². The summed E-state index contributed by atoms with van der Waals surface area (Å²) in [6.07, 6.45) is 0.737. The van der Waals surface area contributed by atoms with Crippen molar-refractivity contribution in [1.82, 2.24) is 14.8 Å². The van der Waals surface area contributed by atoms with E-state index >= 15 is 0 Å². The summed E-state index contributed by atoms with van der Waals surface area (Å²) in [6, 6.07) is 4.61. The number of anilines is 1. The third kappa shape index (κ3) is 8.97. The highest BCUT2D eigenvalue weighted by Crippen LogP contribution is 2.33. The summed E-state index contributed by atoms with van der Waals surface area (Å²) < 4.78 is 7.69. The monoisotopic (exact) mass is 569 g/mol. The van der Waals surface area contributed by atoms with Crippen molar-refractivity contribution >= 4 is 67.0 Å². The minimum absolute atomic E-state index is 0. The van der Waals surface area contributed by atoms with Crippen molar-refractivity contribution in [2.45, 2.75) is 76.4 Å². The van der Waals surface area contributed by atoms with Gasteiger partial charge in [0.15, 0.2) is 0 Å². The Balaban J connectivity index is 0.00000578. The van der Waals surface area contributed by atoms with E-state index < -0.39 is 18.4 Å². The standard InChI is InChI=1S/C22H34Cl3N5O2Si.ClH/c1-14-19(15(2)30(29-14)13-32-11-12-33(4,5)6)16-7-8-18(27-20(16)25)28-21(31)22(3,26)10-9-17(23)24;/h7-8,17H,9-13,26H2,1-6H3,(H,27,28,31);1H/t22-;/m0./s1. The van der Waals surface area contributed by atoms with Crippen LogP contribution < -0.4 is 11.1 Å². The maximum atomic E-state index is 12.6. The molecule has 12 heteroatoms. The highest BCUT2D eigenvalue weighted by molar-refractivity contribution is 6.76. The third-order valence-electron chi connectivity index (χ3n) is 5.35. The largest absolute Gasteiger partial charge is 0.360 e. The van der Waals surface area contributed by atoms with Gasteiger partial charge in [-0.15, -0.1) is 35.6 Å². The van der Waals surface area contributed by atoms with E-state index in [1.54, 1.807) is 13.0 Å². The Labute approximate surface area is 224 Å². The molecule has 3 N–H and O–H groups in total. The molecule has 0 aliphatic heterocycles. The number of ether oxygens (including phenoxy) is 1. The Morgan fingerprint density at radius 3 is 2.50 bits per heavy atom. The molecule has 2 rings (SSSR count). The van der Waals surface area contributed by atoms with Gasteiger partial charge in [-0.1, -0.05) is 31.2 Å². The Morgan fingerprint density at radius 2 is 1.94 bits per heavy atom. The summed E-state index contributed by atoms with van der Waals surface area (Å²) in [7, 11) is -1.14. The molecular formula is C22H35Cl4N5O2Si. The number of pyridine rings is 1. The van der Waals surface area contributed by atoms with Gasteiger partial charge in [0.25, 0.3) is 0 Å². The fourth-order valence-electron chi connectivity index (χ4n) is 3.21. The summed E-state index contributed by atoms with van der Waals surface area (Å²) >= 11 is 18.0. The molecule has 2 heterocycles. The van der Waals surface area contributed by atoms with Gasteiger partial charge in [0, 0.05) is 31.5 Å². The molecule has 0 unspecified atom stereocenters. The average molecular weight is 571 g/mol. The van der Waals surface area contributed by atoms with Crippen LogP contribution in [0.25, 0.3) is 11.1 Å². The molecule has 0 bridgehead atoms. The molecule has 1 amide bonds. The van der Waals surface area contributed by atoms with E-state index in [9.17, 15) is 4.79 Å². The van der Waals surface area contributed by atoms with E-state index in [0.717, 1.165) is 35.2 Å². The summed E-state index contributed by atoms with van der Waals surface area (Å²) in [4.78, 5) is 16.4. The highest BCUT2D eigenvalue weighted by atomic mass is 35.5. The van der Waals surface area contributed by atoms with Gasteiger partial charge >= 0.3 is 0 Å². The normalized spacial score (nSPS) is 13.5. The maximum Gasteiger partial charge on any atom is 0.245 e. The van der Waals surface area contributed by atoms with Crippen molar-refractivity contribution in [3.63, 3.8) is 0 Å². The fourth-order valence-corrected chi connectivity index (χ4v) is 4.44. The molecule has 2 aromatic rings. The number of rotatable bonds is 11. The molecule has 0 saturated carbocycles. The van der Waals surface area contributed by atoms with E-state index in [1.165, 1.54) is 0 Å². The smallest absolute Gasteiger partial charge is 0.245 e. The Morgan fingerprint density at radius 1 is 1.29 bits per heavy atom. The first kappa shape index (κ1) is 31.2. The van der Waals surface area contributed by atoms with Gasteiger partial charge in [0.1, 0.15) is 22.5 Å². The predicted molar refractivity (Wildman–Crippen MR) is 147 cm³/mol. The lowest BCUT2D eigenvalue weighted by molar-refractivity contribution is -0.120. The lowest BCUT2D eigenvalue weighted by atomic mass is 9.96. The molecular weight excluding hydrogens is 536 g/mol. The van der Waals surface area contributed by atoms with Crippen LogP contribution >= 0.6 is 47.2 Å². The first-order valence-electron chi connectivity index (χ1n) is 10.9. The molecule has 7 nitrogen and oxygen atoms in total. The lowest BCUT2D eigenvalue weighted by Gasteiger charge is -2.23. The molecule has 0 aromatic carbocycles. The minimum atomic E-state index is -1.14. The number of nitrogens with zero attached hydrogens (tertiary/aromatic N) is 3. The Kier molecular flexibility index (Phi) is 11.8. The van der Waals surface area contributed by atoms with Gasteiger partial charge in [0.05, 0.1) is 11.2 Å². The minimum Gasteiger partial charge on any atom is -0.360 e. The number of alkyl halides is 2. The van der Waals surface area contributed by atoms with Gasteiger partial charge in [-0.2, -0.15) is 5.10 Å². The van der Waals surface area contributed by atoms with Gasteiger partial charge in [-0.05, 0) is 51.8 Å². The van der Waals surface area contributed by atoms with E-state index in [4.69, 9.17) is 45.3 Å². The second kappa shape index (κ2) is 12.9. The number of amides is 1. The van der Waals surface area contributed by atoms with Crippen LogP contribution in [0, 0.1) is 13.8 Å². The maximum absolute atomic E-state index is 12.6. The van der Waals surface area contributed by atoms with Gasteiger partial charge in [0.2, 0.25) is 5.91 Å². The van der Waals surface area contributed by atoms with Crippen LogP contribution in [0.5, 0.6) is 0 Å². The molecule has 0 fully saturated rings. The summed E-state index contributed by atoms with van der Waals surface area (Å²) in [5.41, 5.74) is 8.38. The second-order valence-electron chi connectivity index (χ2n) is 9.73. The summed E-state index contributed by atoms with van der Waals surface area (Å²) in [6.45, 7) is 13.6. The second-order valence-corrected chi connectivity index (χ2v) is 17.0. The van der Waals surface area contributed by atoms with E-state index in [1.807, 2.05) is 24.6 Å². The molecule has 0 saturated heterocycles. The zero-order valence-corrected chi connectivity index (χ0v) is 24.6. The lowest BCUT2D eigenvalue weighted by Crippen LogP contribution is -2.48. The number of carbonyl (C=O) groups excluding carboxylic acids is 1. The number of hydrogen-bond acceptors (Lipinski definition) is 5. The molecule has 1 atom stereocenters. The first-order chi connectivity index (χ1) is 15.2. The number of nitrogens with one attached hydrogen (secondary N) is 1. The van der Waals surface area contributed by atoms with E-state index in [-0.39, 0.29) is 23.5 Å². The van der Waals surface area contributed by atoms with Crippen LogP contribution in [0.3, 0.4) is 0 Å². The fraction of sp³-hybridized carbons (Fsp3) is 0.591. The van der Waals surface area contributed by atoms with Crippen LogP contribution in [0.15, 0.2) is 12.1 Å². The molecule has 0 spiro atoms. The zero-order valence-electron chi connectivity index (χ0n) is 20.5. The van der Waals surface area contributed by atoms with Crippen molar-refractivity contribution in [1.29, 1.82) is 0 Å². The Hall–Kier alpha value is -0.873. The number of aromatic nitrogens is 3. The van der Waals surface area contributed by atoms with Gasteiger partial charge in [-0.3, -0.25) is 4.79 Å². The molecule has 192 valence electrons. The quantitative estimate of drug-likeness (QED) is 0.145. The van der Waals surface area contributed by atoms with Crippen molar-refractivity contribution in [3.8, 4) is 11.1 Å². The van der Waals surface area contributed by atoms with Crippen molar-refractivity contribution in [3.05, 3.63) is 28.7 Å². The van der Waals surface area contributed by atoms with E-state index in [0.29, 0.717) is 25.4 Å². The molecule has 34 heavy (non-hydrogen) atoms. The number of aryl methyl sites for hydroxylation is 1. The summed E-state index contributed by atoms with van der Waals surface area (Å²) in [5, 5.41) is 7.59. The average Bonchev–Trinajstić information content (AvgIpc) is 2.97. The third-order valence-corrected chi connectivity index (χ3v) is 7.78. The van der Waals surface area contributed by atoms with Crippen LogP contribution in [-0.4, -0.2) is 45.7 Å². The van der Waals surface area contributed by atoms with Crippen LogP contribution in [-0.2, 0) is 16.3 Å². The summed E-state index contributed by atoms with van der Waals surface area (Å²) in [5.74, 6) is -0.0699. The SMILES string of the molecule is Cc1nn(COCC[Si](C)(C)C)c(C)c1-c1ccc(NC(=O)[C@@](C)(N)CCC(Cl)Cl)nc1Cl.Cl. The van der Waals surface area contributed by atoms with Crippen LogP contribution in [0.1, 0.15) is 31.2 Å². The Bertz CT molecular complexity index is 977. The highest BCUT2D eigenvalue weighted by Gasteiger charge is 2.29. The molecule has 0 aliphatic carbocycles. The number of halogens is 4. The topological polar surface area (TPSA) is 95.1 Å². The van der Waals surface area contributed by atoms with Gasteiger partial charge in [-0.25, -0.2) is 9.67 Å². The van der Waals surface area contributed by atoms with Crippen LogP contribution in [0.2, 0.25) is 30.8 Å². The number of hydrogen-bond donors (Lipinski definition) is 2. The van der Waals surface area contributed by atoms with Crippen molar-refractivity contribution in [2.24, 2.45) is 5.73 Å².